The number of nitrogens with zero attached hydrogens (tertiary/aromatic N) is 2. The van der Waals surface area contributed by atoms with Gasteiger partial charge in [-0.2, -0.15) is 0 Å². The number of carbonyl (C=O) groups is 1. The minimum Gasteiger partial charge on any atom is -0.496 e. The van der Waals surface area contributed by atoms with Gasteiger partial charge in [-0.05, 0) is 51.1 Å². The van der Waals surface area contributed by atoms with Crippen molar-refractivity contribution in [3.8, 4) is 5.75 Å². The van der Waals surface area contributed by atoms with E-state index in [0.717, 1.165) is 58.3 Å². The zero-order valence-corrected chi connectivity index (χ0v) is 17.2. The molecule has 1 atom stereocenters. The third-order valence-corrected chi connectivity index (χ3v) is 5.72. The lowest BCUT2D eigenvalue weighted by Crippen LogP contribution is -2.35. The second-order valence-corrected chi connectivity index (χ2v) is 7.71. The molecule has 1 aromatic heterocycles. The Bertz CT molecular complexity index is 1050. The SMILES string of the molecule is COc1ccccc1C(CNC(=O)c1c2c(nc3ccccc13)CCC2)N(C)C. The Morgan fingerprint density at radius 2 is 1.90 bits per heavy atom. The molecule has 1 amide bonds. The molecule has 1 heterocycles. The fourth-order valence-electron chi connectivity index (χ4n) is 4.26. The third-order valence-electron chi connectivity index (χ3n) is 5.72. The summed E-state index contributed by atoms with van der Waals surface area (Å²) in [6.45, 7) is 0.498. The van der Waals surface area contributed by atoms with Crippen molar-refractivity contribution < 1.29 is 9.53 Å². The molecule has 0 aliphatic heterocycles. The lowest BCUT2D eigenvalue weighted by Gasteiger charge is -2.27. The van der Waals surface area contributed by atoms with E-state index in [0.29, 0.717) is 6.54 Å². The summed E-state index contributed by atoms with van der Waals surface area (Å²) >= 11 is 0. The van der Waals surface area contributed by atoms with Gasteiger partial charge >= 0.3 is 0 Å². The van der Waals surface area contributed by atoms with Crippen LogP contribution in [0, 0.1) is 0 Å². The number of aromatic nitrogens is 1. The number of rotatable bonds is 6. The van der Waals surface area contributed by atoms with Gasteiger partial charge < -0.3 is 15.0 Å². The smallest absolute Gasteiger partial charge is 0.252 e. The van der Waals surface area contributed by atoms with Crippen LogP contribution in [-0.4, -0.2) is 43.5 Å². The fraction of sp³-hybridized carbons (Fsp3) is 0.333. The van der Waals surface area contributed by atoms with Crippen LogP contribution in [-0.2, 0) is 12.8 Å². The van der Waals surface area contributed by atoms with Crippen LogP contribution in [0.25, 0.3) is 10.9 Å². The highest BCUT2D eigenvalue weighted by molar-refractivity contribution is 6.07. The predicted octanol–water partition coefficient (Wildman–Crippen LogP) is 3.76. The van der Waals surface area contributed by atoms with Crippen LogP contribution in [0.5, 0.6) is 5.75 Å². The number of aryl methyl sites for hydroxylation is 1. The average molecular weight is 389 g/mol. The molecule has 29 heavy (non-hydrogen) atoms. The second-order valence-electron chi connectivity index (χ2n) is 7.71. The van der Waals surface area contributed by atoms with Crippen LogP contribution < -0.4 is 10.1 Å². The summed E-state index contributed by atoms with van der Waals surface area (Å²) in [6, 6.07) is 15.9. The zero-order chi connectivity index (χ0) is 20.4. The number of benzene rings is 2. The Labute approximate surface area is 171 Å². The van der Waals surface area contributed by atoms with Gasteiger partial charge in [-0.15, -0.1) is 0 Å². The van der Waals surface area contributed by atoms with Crippen molar-refractivity contribution >= 4 is 16.8 Å². The topological polar surface area (TPSA) is 54.5 Å². The van der Waals surface area contributed by atoms with E-state index in [1.54, 1.807) is 7.11 Å². The molecular weight excluding hydrogens is 362 g/mol. The molecule has 5 heteroatoms. The van der Waals surface area contributed by atoms with Crippen molar-refractivity contribution in [2.45, 2.75) is 25.3 Å². The van der Waals surface area contributed by atoms with Crippen molar-refractivity contribution in [3.63, 3.8) is 0 Å². The van der Waals surface area contributed by atoms with E-state index >= 15 is 0 Å². The largest absolute Gasteiger partial charge is 0.496 e. The molecule has 1 unspecified atom stereocenters. The molecule has 0 spiro atoms. The second kappa shape index (κ2) is 8.21. The van der Waals surface area contributed by atoms with Crippen LogP contribution >= 0.6 is 0 Å². The van der Waals surface area contributed by atoms with Crippen LogP contribution in [0.2, 0.25) is 0 Å². The van der Waals surface area contributed by atoms with Crippen LogP contribution in [0.3, 0.4) is 0 Å². The highest BCUT2D eigenvalue weighted by Gasteiger charge is 2.25. The van der Waals surface area contributed by atoms with Crippen molar-refractivity contribution in [1.82, 2.24) is 15.2 Å². The highest BCUT2D eigenvalue weighted by Crippen LogP contribution is 2.31. The quantitative estimate of drug-likeness (QED) is 0.697. The molecular formula is C24H27N3O2. The van der Waals surface area contributed by atoms with Gasteiger partial charge in [-0.3, -0.25) is 9.78 Å². The molecule has 1 aliphatic rings. The van der Waals surface area contributed by atoms with Gasteiger partial charge in [-0.1, -0.05) is 36.4 Å². The Balaban J connectivity index is 1.65. The normalized spacial score (nSPS) is 14.1. The average Bonchev–Trinajstić information content (AvgIpc) is 3.20. The van der Waals surface area contributed by atoms with E-state index < -0.39 is 0 Å². The summed E-state index contributed by atoms with van der Waals surface area (Å²) in [4.78, 5) is 20.2. The minimum absolute atomic E-state index is 0.0104. The van der Waals surface area contributed by atoms with Gasteiger partial charge in [0, 0.05) is 23.2 Å². The molecule has 1 N–H and O–H groups in total. The number of likely N-dealkylation sites (N-methyl/N-ethyl adjacent to an activating group) is 1. The number of hydrogen-bond donors (Lipinski definition) is 1. The molecule has 0 saturated carbocycles. The number of fused-ring (bicyclic) bond motifs is 2. The summed E-state index contributed by atoms with van der Waals surface area (Å²) in [5.41, 5.74) is 4.93. The summed E-state index contributed by atoms with van der Waals surface area (Å²) < 4.78 is 5.54. The first-order chi connectivity index (χ1) is 14.1. The molecule has 0 radical (unpaired) electrons. The van der Waals surface area contributed by atoms with Crippen LogP contribution in [0.1, 0.15) is 39.6 Å². The number of ether oxygens (including phenoxy) is 1. The van der Waals surface area contributed by atoms with E-state index in [-0.39, 0.29) is 11.9 Å². The monoisotopic (exact) mass is 389 g/mol. The molecule has 0 saturated heterocycles. The van der Waals surface area contributed by atoms with Crippen LogP contribution in [0.15, 0.2) is 48.5 Å². The first kappa shape index (κ1) is 19.4. The predicted molar refractivity (Wildman–Crippen MR) is 116 cm³/mol. The number of pyridine rings is 1. The maximum absolute atomic E-state index is 13.3. The summed E-state index contributed by atoms with van der Waals surface area (Å²) in [5, 5.41) is 4.12. The van der Waals surface area contributed by atoms with Crippen molar-refractivity contribution in [3.05, 3.63) is 70.9 Å². The van der Waals surface area contributed by atoms with Gasteiger partial charge in [0.05, 0.1) is 24.2 Å². The zero-order valence-electron chi connectivity index (χ0n) is 17.2. The molecule has 4 rings (SSSR count). The number of nitrogens with one attached hydrogen (secondary N) is 1. The van der Waals surface area contributed by atoms with Gasteiger partial charge in [0.1, 0.15) is 5.75 Å². The Morgan fingerprint density at radius 1 is 1.14 bits per heavy atom. The van der Waals surface area contributed by atoms with E-state index in [1.807, 2.05) is 56.6 Å². The van der Waals surface area contributed by atoms with Crippen LogP contribution in [0.4, 0.5) is 0 Å². The lowest BCUT2D eigenvalue weighted by molar-refractivity contribution is 0.0942. The molecule has 5 nitrogen and oxygen atoms in total. The van der Waals surface area contributed by atoms with E-state index in [4.69, 9.17) is 9.72 Å². The van der Waals surface area contributed by atoms with Crippen molar-refractivity contribution in [2.75, 3.05) is 27.7 Å². The van der Waals surface area contributed by atoms with Gasteiger partial charge in [0.2, 0.25) is 0 Å². The first-order valence-electron chi connectivity index (χ1n) is 10.1. The Morgan fingerprint density at radius 3 is 2.69 bits per heavy atom. The Hall–Kier alpha value is -2.92. The molecule has 3 aromatic rings. The number of carbonyl (C=O) groups excluding carboxylic acids is 1. The Kier molecular flexibility index (Phi) is 5.49. The maximum atomic E-state index is 13.3. The first-order valence-corrected chi connectivity index (χ1v) is 10.1. The molecule has 2 aromatic carbocycles. The fourth-order valence-corrected chi connectivity index (χ4v) is 4.26. The lowest BCUT2D eigenvalue weighted by atomic mass is 10.00. The van der Waals surface area contributed by atoms with E-state index in [2.05, 4.69) is 16.3 Å². The summed E-state index contributed by atoms with van der Waals surface area (Å²) in [5.74, 6) is 0.805. The number of para-hydroxylation sites is 2. The maximum Gasteiger partial charge on any atom is 0.252 e. The number of hydrogen-bond acceptors (Lipinski definition) is 4. The van der Waals surface area contributed by atoms with Gasteiger partial charge in [0.25, 0.3) is 5.91 Å². The molecule has 150 valence electrons. The molecule has 1 aliphatic carbocycles. The summed E-state index contributed by atoms with van der Waals surface area (Å²) in [6.07, 6.45) is 2.92. The van der Waals surface area contributed by atoms with E-state index in [1.165, 1.54) is 0 Å². The third kappa shape index (κ3) is 3.70. The molecule has 0 bridgehead atoms. The standard InChI is InChI=1S/C24H27N3O2/c1-27(2)21(18-10-5-7-14-22(18)29-3)15-25-24(28)23-16-9-4-6-12-19(16)26-20-13-8-11-17(20)23/h4-7,9-10,12,14,21H,8,11,13,15H2,1-3H3,(H,25,28). The molecule has 0 fully saturated rings. The van der Waals surface area contributed by atoms with E-state index in [9.17, 15) is 4.79 Å². The number of methoxy groups -OCH3 is 1. The van der Waals surface area contributed by atoms with Crippen molar-refractivity contribution in [1.29, 1.82) is 0 Å². The minimum atomic E-state index is -0.0245. The van der Waals surface area contributed by atoms with Gasteiger partial charge in [-0.25, -0.2) is 0 Å². The van der Waals surface area contributed by atoms with Gasteiger partial charge in [0.15, 0.2) is 0 Å². The van der Waals surface area contributed by atoms with Crippen molar-refractivity contribution in [2.24, 2.45) is 0 Å². The summed E-state index contributed by atoms with van der Waals surface area (Å²) in [7, 11) is 5.71. The number of amides is 1. The highest BCUT2D eigenvalue weighted by atomic mass is 16.5.